The quantitative estimate of drug-likeness (QED) is 0.668. The first-order valence-electron chi connectivity index (χ1n) is 5.86. The number of hydrogen-bond acceptors (Lipinski definition) is 3. The molecule has 0 radical (unpaired) electrons. The molecule has 1 aromatic carbocycles. The van der Waals surface area contributed by atoms with Gasteiger partial charge in [-0.25, -0.2) is 0 Å². The van der Waals surface area contributed by atoms with Crippen molar-refractivity contribution in [2.45, 2.75) is 26.9 Å². The van der Waals surface area contributed by atoms with E-state index in [1.54, 1.807) is 0 Å². The molecule has 3 nitrogen and oxygen atoms in total. The van der Waals surface area contributed by atoms with Crippen LogP contribution in [0.5, 0.6) is 0 Å². The minimum Gasteiger partial charge on any atom is -0.618 e. The van der Waals surface area contributed by atoms with Gasteiger partial charge < -0.3 is 10.3 Å². The predicted molar refractivity (Wildman–Crippen MR) is 73.1 cm³/mol. The highest BCUT2D eigenvalue weighted by molar-refractivity contribution is 7.14. The van der Waals surface area contributed by atoms with Crippen LogP contribution in [-0.2, 0) is 0 Å². The minimum absolute atomic E-state index is 0.272. The van der Waals surface area contributed by atoms with Crippen molar-refractivity contribution in [2.75, 3.05) is 0 Å². The van der Waals surface area contributed by atoms with Gasteiger partial charge in [-0.15, -0.1) is 0 Å². The Balaban J connectivity index is 2.40. The fraction of sp³-hybridized carbons (Fsp3) is 0.357. The zero-order valence-electron chi connectivity index (χ0n) is 10.8. The molecular formula is C14H17NO2S. The van der Waals surface area contributed by atoms with E-state index < -0.39 is 6.10 Å². The third-order valence-corrected chi connectivity index (χ3v) is 3.94. The molecule has 4 heteroatoms. The molecule has 0 amide bonds. The summed E-state index contributed by atoms with van der Waals surface area (Å²) in [5.41, 5.74) is 0.607. The first-order valence-corrected chi connectivity index (χ1v) is 6.67. The van der Waals surface area contributed by atoms with E-state index in [1.165, 1.54) is 17.5 Å². The van der Waals surface area contributed by atoms with Crippen molar-refractivity contribution in [2.24, 2.45) is 5.41 Å². The van der Waals surface area contributed by atoms with E-state index in [1.807, 2.05) is 51.1 Å². The smallest absolute Gasteiger partial charge is 0.280 e. The highest BCUT2D eigenvalue weighted by Crippen LogP contribution is 2.36. The lowest BCUT2D eigenvalue weighted by Gasteiger charge is -2.23. The maximum atomic E-state index is 11.9. The van der Waals surface area contributed by atoms with Gasteiger partial charge >= 0.3 is 0 Å². The van der Waals surface area contributed by atoms with Crippen LogP contribution in [0.4, 0.5) is 0 Å². The molecule has 0 spiro atoms. The third kappa shape index (κ3) is 2.54. The topological polar surface area (TPSA) is 47.2 Å². The molecule has 0 aliphatic rings. The van der Waals surface area contributed by atoms with Gasteiger partial charge in [-0.2, -0.15) is 4.73 Å². The van der Waals surface area contributed by atoms with Crippen LogP contribution < -0.4 is 4.73 Å². The van der Waals surface area contributed by atoms with Gasteiger partial charge in [0.25, 0.3) is 5.01 Å². The highest BCUT2D eigenvalue weighted by Gasteiger charge is 2.29. The van der Waals surface area contributed by atoms with Crippen LogP contribution >= 0.6 is 11.3 Å². The first kappa shape index (κ1) is 13.1. The summed E-state index contributed by atoms with van der Waals surface area (Å²) in [4.78, 5) is 0.705. The Morgan fingerprint density at radius 3 is 2.39 bits per heavy atom. The Morgan fingerprint density at radius 2 is 1.83 bits per heavy atom. The van der Waals surface area contributed by atoms with E-state index in [9.17, 15) is 10.3 Å². The molecule has 0 aliphatic heterocycles. The minimum atomic E-state index is -0.625. The molecule has 0 bridgehead atoms. The van der Waals surface area contributed by atoms with Gasteiger partial charge in [0.05, 0.1) is 11.7 Å². The summed E-state index contributed by atoms with van der Waals surface area (Å²) in [7, 11) is 0. The van der Waals surface area contributed by atoms with Crippen molar-refractivity contribution in [3.63, 3.8) is 0 Å². The predicted octanol–water partition coefficient (Wildman–Crippen LogP) is 3.13. The van der Waals surface area contributed by atoms with Crippen molar-refractivity contribution in [3.8, 4) is 10.6 Å². The summed E-state index contributed by atoms with van der Waals surface area (Å²) in [6.45, 7) is 5.86. The molecule has 1 aromatic heterocycles. The lowest BCUT2D eigenvalue weighted by atomic mass is 9.89. The molecule has 0 saturated carbocycles. The van der Waals surface area contributed by atoms with Crippen LogP contribution in [0, 0.1) is 10.6 Å². The van der Waals surface area contributed by atoms with Gasteiger partial charge in [0, 0.05) is 0 Å². The molecule has 96 valence electrons. The summed E-state index contributed by atoms with van der Waals surface area (Å²) in [5.74, 6) is 0. The van der Waals surface area contributed by atoms with Crippen LogP contribution in [-0.4, -0.2) is 5.11 Å². The molecular weight excluding hydrogens is 246 g/mol. The fourth-order valence-corrected chi connectivity index (χ4v) is 2.91. The number of aromatic nitrogens is 1. The molecule has 2 aromatic rings. The maximum absolute atomic E-state index is 11.9. The van der Waals surface area contributed by atoms with Crippen LogP contribution in [0.15, 0.2) is 36.5 Å². The van der Waals surface area contributed by atoms with Gasteiger partial charge in [0.2, 0.25) is 0 Å². The zero-order chi connectivity index (χ0) is 13.3. The van der Waals surface area contributed by atoms with Crippen molar-refractivity contribution in [1.29, 1.82) is 0 Å². The first-order chi connectivity index (χ1) is 8.39. The Morgan fingerprint density at radius 1 is 1.22 bits per heavy atom. The molecule has 1 N–H and O–H groups in total. The van der Waals surface area contributed by atoms with Crippen LogP contribution in [0.1, 0.15) is 31.8 Å². The summed E-state index contributed by atoms with van der Waals surface area (Å²) >= 11 is 1.35. The Bertz CT molecular complexity index is 528. The monoisotopic (exact) mass is 263 g/mol. The van der Waals surface area contributed by atoms with Crippen molar-refractivity contribution in [1.82, 2.24) is 0 Å². The standard InChI is InChI=1S/C14H17NO2S/c1-14(2,3)12(16)11-9-15(17)13(18-11)10-7-5-4-6-8-10/h4-9,12,16H,1-3H3. The van der Waals surface area contributed by atoms with Crippen LogP contribution in [0.25, 0.3) is 10.6 Å². The Kier molecular flexibility index (Phi) is 3.41. The SMILES string of the molecule is CC(C)(C)C(O)c1c[n+]([O-])c(-c2ccccc2)s1. The largest absolute Gasteiger partial charge is 0.618 e. The summed E-state index contributed by atoms with van der Waals surface area (Å²) in [5, 5.41) is 22.7. The highest BCUT2D eigenvalue weighted by atomic mass is 32.1. The average Bonchev–Trinajstić information content (AvgIpc) is 2.70. The average molecular weight is 263 g/mol. The van der Waals surface area contributed by atoms with Crippen molar-refractivity contribution in [3.05, 3.63) is 46.6 Å². The van der Waals surface area contributed by atoms with E-state index in [2.05, 4.69) is 0 Å². The Hall–Kier alpha value is -1.39. The Labute approximate surface area is 111 Å². The molecule has 1 unspecified atom stereocenters. The second-order valence-electron chi connectivity index (χ2n) is 5.40. The number of hydrogen-bond donors (Lipinski definition) is 1. The van der Waals surface area contributed by atoms with Gasteiger partial charge in [-0.1, -0.05) is 50.3 Å². The van der Waals surface area contributed by atoms with Crippen molar-refractivity contribution >= 4 is 11.3 Å². The molecule has 0 aliphatic carbocycles. The van der Waals surface area contributed by atoms with Crippen LogP contribution in [0.3, 0.4) is 0 Å². The third-order valence-electron chi connectivity index (χ3n) is 2.77. The number of aliphatic hydroxyl groups excluding tert-OH is 1. The molecule has 1 heterocycles. The molecule has 1 atom stereocenters. The van der Waals surface area contributed by atoms with E-state index >= 15 is 0 Å². The number of rotatable bonds is 2. The molecule has 2 rings (SSSR count). The molecule has 18 heavy (non-hydrogen) atoms. The lowest BCUT2D eigenvalue weighted by molar-refractivity contribution is -0.589. The number of nitrogens with zero attached hydrogens (tertiary/aromatic N) is 1. The van der Waals surface area contributed by atoms with Crippen molar-refractivity contribution < 1.29 is 9.84 Å². The van der Waals surface area contributed by atoms with E-state index in [4.69, 9.17) is 0 Å². The normalized spacial score (nSPS) is 13.6. The fourth-order valence-electron chi connectivity index (χ4n) is 1.68. The van der Waals surface area contributed by atoms with E-state index in [-0.39, 0.29) is 5.41 Å². The second kappa shape index (κ2) is 4.71. The zero-order valence-corrected chi connectivity index (χ0v) is 11.6. The number of aliphatic hydroxyl groups is 1. The lowest BCUT2D eigenvalue weighted by Crippen LogP contribution is -2.25. The van der Waals surface area contributed by atoms with E-state index in [0.717, 1.165) is 10.3 Å². The number of thiazole rings is 1. The van der Waals surface area contributed by atoms with Crippen LogP contribution in [0.2, 0.25) is 0 Å². The summed E-state index contributed by atoms with van der Waals surface area (Å²) in [6.07, 6.45) is 0.850. The van der Waals surface area contributed by atoms with Gasteiger partial charge in [-0.05, 0) is 17.5 Å². The maximum Gasteiger partial charge on any atom is 0.280 e. The number of benzene rings is 1. The van der Waals surface area contributed by atoms with Gasteiger partial charge in [-0.3, -0.25) is 0 Å². The second-order valence-corrected chi connectivity index (χ2v) is 6.46. The summed E-state index contributed by atoms with van der Waals surface area (Å²) in [6, 6.07) is 9.50. The van der Waals surface area contributed by atoms with E-state index in [0.29, 0.717) is 9.88 Å². The molecule has 0 saturated heterocycles. The van der Waals surface area contributed by atoms with Gasteiger partial charge in [0.1, 0.15) is 4.88 Å². The molecule has 0 fully saturated rings. The van der Waals surface area contributed by atoms with Gasteiger partial charge in [0.15, 0.2) is 6.20 Å². The summed E-state index contributed by atoms with van der Waals surface area (Å²) < 4.78 is 0.838.